The van der Waals surface area contributed by atoms with Gasteiger partial charge in [-0.2, -0.15) is 0 Å². The Kier molecular flexibility index (Phi) is 4.34. The van der Waals surface area contributed by atoms with Crippen LogP contribution >= 0.6 is 0 Å². The summed E-state index contributed by atoms with van der Waals surface area (Å²) in [4.78, 5) is 14.7. The van der Waals surface area contributed by atoms with Gasteiger partial charge in [0.2, 0.25) is 5.75 Å². The number of nitro benzene ring substituents is 1. The third-order valence-electron chi connectivity index (χ3n) is 2.82. The summed E-state index contributed by atoms with van der Waals surface area (Å²) in [5.74, 6) is 0.906. The first-order chi connectivity index (χ1) is 10.0. The molecule has 1 aromatic carbocycles. The summed E-state index contributed by atoms with van der Waals surface area (Å²) >= 11 is 0. The second-order valence-corrected chi connectivity index (χ2v) is 4.40. The van der Waals surface area contributed by atoms with Crippen molar-refractivity contribution in [2.45, 2.75) is 13.0 Å². The maximum Gasteiger partial charge on any atom is 0.315 e. The van der Waals surface area contributed by atoms with Crippen LogP contribution in [-0.2, 0) is 0 Å². The van der Waals surface area contributed by atoms with Gasteiger partial charge in [-0.25, -0.2) is 0 Å². The summed E-state index contributed by atoms with van der Waals surface area (Å²) in [6, 6.07) is 7.57. The molecule has 2 aromatic rings. The highest BCUT2D eigenvalue weighted by Gasteiger charge is 2.17. The van der Waals surface area contributed by atoms with Crippen LogP contribution in [0.25, 0.3) is 0 Å². The monoisotopic (exact) mass is 289 g/mol. The standard InChI is InChI=1S/C14H15N3O4/c1-9(15)12-5-3-11(8-16-12)21-14-6-4-10(20-2)7-13(14)17(18)19/h3-9H,15H2,1-2H3/t9-/m0/s1. The van der Waals surface area contributed by atoms with E-state index in [4.69, 9.17) is 15.2 Å². The lowest BCUT2D eigenvalue weighted by Crippen LogP contribution is -2.06. The fraction of sp³-hybridized carbons (Fsp3) is 0.214. The highest BCUT2D eigenvalue weighted by atomic mass is 16.6. The number of pyridine rings is 1. The van der Waals surface area contributed by atoms with E-state index in [1.165, 1.54) is 25.4 Å². The molecule has 21 heavy (non-hydrogen) atoms. The van der Waals surface area contributed by atoms with Crippen molar-refractivity contribution in [1.29, 1.82) is 0 Å². The lowest BCUT2D eigenvalue weighted by molar-refractivity contribution is -0.385. The highest BCUT2D eigenvalue weighted by molar-refractivity contribution is 5.52. The van der Waals surface area contributed by atoms with E-state index in [1.807, 2.05) is 6.92 Å². The molecule has 0 bridgehead atoms. The lowest BCUT2D eigenvalue weighted by atomic mass is 10.2. The van der Waals surface area contributed by atoms with Crippen molar-refractivity contribution in [2.75, 3.05) is 7.11 Å². The minimum atomic E-state index is -0.526. The number of nitrogens with zero attached hydrogens (tertiary/aromatic N) is 2. The summed E-state index contributed by atoms with van der Waals surface area (Å²) in [5, 5.41) is 11.1. The average molecular weight is 289 g/mol. The van der Waals surface area contributed by atoms with Crippen LogP contribution in [0.2, 0.25) is 0 Å². The molecule has 0 aliphatic heterocycles. The molecule has 0 aliphatic rings. The maximum absolute atomic E-state index is 11.1. The van der Waals surface area contributed by atoms with E-state index < -0.39 is 4.92 Å². The molecule has 0 saturated carbocycles. The third-order valence-corrected chi connectivity index (χ3v) is 2.82. The zero-order chi connectivity index (χ0) is 15.4. The van der Waals surface area contributed by atoms with Gasteiger partial charge in [0.1, 0.15) is 11.5 Å². The number of nitrogens with two attached hydrogens (primary N) is 1. The van der Waals surface area contributed by atoms with Crippen LogP contribution in [0, 0.1) is 10.1 Å². The molecule has 110 valence electrons. The quantitative estimate of drug-likeness (QED) is 0.671. The van der Waals surface area contributed by atoms with Crippen LogP contribution in [0.3, 0.4) is 0 Å². The first kappa shape index (κ1) is 14.7. The molecule has 2 N–H and O–H groups in total. The van der Waals surface area contributed by atoms with Gasteiger partial charge in [0.25, 0.3) is 0 Å². The molecule has 1 atom stereocenters. The summed E-state index contributed by atoms with van der Waals surface area (Å²) in [7, 11) is 1.44. The van der Waals surface area contributed by atoms with Crippen molar-refractivity contribution in [3.63, 3.8) is 0 Å². The van der Waals surface area contributed by atoms with Gasteiger partial charge in [-0.05, 0) is 31.2 Å². The molecule has 0 amide bonds. The van der Waals surface area contributed by atoms with Crippen molar-refractivity contribution < 1.29 is 14.4 Å². The van der Waals surface area contributed by atoms with E-state index in [-0.39, 0.29) is 17.5 Å². The normalized spacial score (nSPS) is 11.8. The molecular formula is C14H15N3O4. The van der Waals surface area contributed by atoms with Gasteiger partial charge in [0.15, 0.2) is 0 Å². The third kappa shape index (κ3) is 3.46. The van der Waals surface area contributed by atoms with Gasteiger partial charge in [-0.3, -0.25) is 15.1 Å². The minimum Gasteiger partial charge on any atom is -0.496 e. The van der Waals surface area contributed by atoms with Crippen LogP contribution < -0.4 is 15.2 Å². The number of methoxy groups -OCH3 is 1. The molecule has 1 heterocycles. The summed E-state index contributed by atoms with van der Waals surface area (Å²) in [6.07, 6.45) is 1.48. The van der Waals surface area contributed by atoms with E-state index in [0.29, 0.717) is 17.2 Å². The van der Waals surface area contributed by atoms with Gasteiger partial charge in [-0.1, -0.05) is 0 Å². The minimum absolute atomic E-state index is 0.121. The summed E-state index contributed by atoms with van der Waals surface area (Å²) in [6.45, 7) is 1.82. The van der Waals surface area contributed by atoms with E-state index in [0.717, 1.165) is 0 Å². The predicted octanol–water partition coefficient (Wildman–Crippen LogP) is 2.81. The molecule has 0 unspecified atom stereocenters. The van der Waals surface area contributed by atoms with Gasteiger partial charge in [0, 0.05) is 6.04 Å². The second-order valence-electron chi connectivity index (χ2n) is 4.40. The van der Waals surface area contributed by atoms with Crippen LogP contribution in [-0.4, -0.2) is 17.0 Å². The van der Waals surface area contributed by atoms with Gasteiger partial charge in [0.05, 0.1) is 30.0 Å². The van der Waals surface area contributed by atoms with Crippen LogP contribution in [0.1, 0.15) is 18.7 Å². The second kappa shape index (κ2) is 6.19. The SMILES string of the molecule is COc1ccc(Oc2ccc([C@H](C)N)nc2)c([N+](=O)[O-])c1. The fourth-order valence-electron chi connectivity index (χ4n) is 1.70. The Bertz CT molecular complexity index is 641. The van der Waals surface area contributed by atoms with Crippen molar-refractivity contribution in [3.8, 4) is 17.2 Å². The van der Waals surface area contributed by atoms with Gasteiger partial charge in [-0.15, -0.1) is 0 Å². The van der Waals surface area contributed by atoms with Crippen LogP contribution in [0.5, 0.6) is 17.2 Å². The highest BCUT2D eigenvalue weighted by Crippen LogP contribution is 2.34. The Morgan fingerprint density at radius 1 is 1.29 bits per heavy atom. The number of nitro groups is 1. The molecule has 0 fully saturated rings. The molecule has 0 spiro atoms. The number of benzene rings is 1. The van der Waals surface area contributed by atoms with Crippen molar-refractivity contribution in [1.82, 2.24) is 4.98 Å². The topological polar surface area (TPSA) is 101 Å². The van der Waals surface area contributed by atoms with Crippen molar-refractivity contribution >= 4 is 5.69 Å². The largest absolute Gasteiger partial charge is 0.496 e. The number of ether oxygens (including phenoxy) is 2. The van der Waals surface area contributed by atoms with E-state index in [1.54, 1.807) is 18.2 Å². The Morgan fingerprint density at radius 2 is 2.00 bits per heavy atom. The summed E-state index contributed by atoms with van der Waals surface area (Å²) < 4.78 is 10.5. The van der Waals surface area contributed by atoms with Gasteiger partial charge < -0.3 is 15.2 Å². The number of aromatic nitrogens is 1. The fourth-order valence-corrected chi connectivity index (χ4v) is 1.70. The Labute approximate surface area is 121 Å². The molecule has 0 radical (unpaired) electrons. The smallest absolute Gasteiger partial charge is 0.315 e. The zero-order valence-corrected chi connectivity index (χ0v) is 11.6. The van der Waals surface area contributed by atoms with Gasteiger partial charge >= 0.3 is 5.69 Å². The molecule has 7 heteroatoms. The molecule has 2 rings (SSSR count). The Hall–Kier alpha value is -2.67. The zero-order valence-electron chi connectivity index (χ0n) is 11.6. The van der Waals surface area contributed by atoms with E-state index in [2.05, 4.69) is 4.98 Å². The molecular weight excluding hydrogens is 274 g/mol. The molecule has 1 aromatic heterocycles. The maximum atomic E-state index is 11.1. The van der Waals surface area contributed by atoms with Crippen molar-refractivity contribution in [2.24, 2.45) is 5.73 Å². The number of hydrogen-bond acceptors (Lipinski definition) is 6. The molecule has 0 saturated heterocycles. The van der Waals surface area contributed by atoms with Crippen LogP contribution in [0.4, 0.5) is 5.69 Å². The first-order valence-electron chi connectivity index (χ1n) is 6.23. The Morgan fingerprint density at radius 3 is 2.52 bits per heavy atom. The number of rotatable bonds is 5. The number of hydrogen-bond donors (Lipinski definition) is 1. The first-order valence-corrected chi connectivity index (χ1v) is 6.23. The Balaban J connectivity index is 2.28. The van der Waals surface area contributed by atoms with E-state index in [9.17, 15) is 10.1 Å². The molecule has 7 nitrogen and oxygen atoms in total. The van der Waals surface area contributed by atoms with Crippen molar-refractivity contribution in [3.05, 3.63) is 52.3 Å². The van der Waals surface area contributed by atoms with Crippen LogP contribution in [0.15, 0.2) is 36.5 Å². The average Bonchev–Trinajstić information content (AvgIpc) is 2.48. The van der Waals surface area contributed by atoms with E-state index >= 15 is 0 Å². The summed E-state index contributed by atoms with van der Waals surface area (Å²) in [5.41, 5.74) is 6.24. The predicted molar refractivity (Wildman–Crippen MR) is 76.6 cm³/mol. The lowest BCUT2D eigenvalue weighted by Gasteiger charge is -2.09. The molecule has 0 aliphatic carbocycles.